The van der Waals surface area contributed by atoms with Crippen molar-refractivity contribution in [3.05, 3.63) is 353 Å². The first kappa shape index (κ1) is 52.1. The second-order valence-corrected chi connectivity index (χ2v) is 24.4. The summed E-state index contributed by atoms with van der Waals surface area (Å²) in [5, 5.41) is 2.24. The van der Waals surface area contributed by atoms with Gasteiger partial charge >= 0.3 is 0 Å². The summed E-state index contributed by atoms with van der Waals surface area (Å²) in [7, 11) is 0. The van der Waals surface area contributed by atoms with Crippen molar-refractivity contribution in [3.63, 3.8) is 0 Å². The van der Waals surface area contributed by atoms with Crippen LogP contribution in [0.4, 0.5) is 0 Å². The largest absolute Gasteiger partial charge is 0.457 e. The van der Waals surface area contributed by atoms with Crippen molar-refractivity contribution in [1.29, 1.82) is 0 Å². The monoisotopic (exact) mass is 1180 g/mol. The third kappa shape index (κ3) is 7.66. The van der Waals surface area contributed by atoms with Crippen LogP contribution in [0.25, 0.3) is 106 Å². The predicted octanol–water partition coefficient (Wildman–Crippen LogP) is 20.1. The summed E-state index contributed by atoms with van der Waals surface area (Å²) in [6.45, 7) is 0. The first-order valence-corrected chi connectivity index (χ1v) is 31.5. The van der Waals surface area contributed by atoms with E-state index in [2.05, 4.69) is 249 Å². The van der Waals surface area contributed by atoms with Crippen LogP contribution in [0.15, 0.2) is 309 Å². The molecule has 0 fully saturated rings. The Labute approximate surface area is 532 Å². The molecule has 19 rings (SSSR count). The van der Waals surface area contributed by atoms with E-state index < -0.39 is 10.8 Å². The van der Waals surface area contributed by atoms with Crippen LogP contribution >= 0.6 is 0 Å². The fraction of sp³-hybridized carbons (Fsp3) is 0.0471. The minimum Gasteiger partial charge on any atom is -0.457 e. The first-order chi connectivity index (χ1) is 45.6. The average Bonchev–Trinajstić information content (AvgIpc) is 1.49. The van der Waals surface area contributed by atoms with Gasteiger partial charge in [-0.3, -0.25) is 4.98 Å². The molecule has 0 radical (unpaired) electrons. The van der Waals surface area contributed by atoms with Crippen LogP contribution in [0.2, 0.25) is 0 Å². The molecule has 0 saturated heterocycles. The van der Waals surface area contributed by atoms with Gasteiger partial charge < -0.3 is 9.47 Å². The zero-order chi connectivity index (χ0) is 60.5. The lowest BCUT2D eigenvalue weighted by Gasteiger charge is -2.42. The van der Waals surface area contributed by atoms with Gasteiger partial charge in [-0.25, -0.2) is 19.9 Å². The zero-order valence-electron chi connectivity index (χ0n) is 49.8. The Bertz CT molecular complexity index is 5380. The number of pyridine rings is 1. The van der Waals surface area contributed by atoms with Gasteiger partial charge in [0, 0.05) is 50.7 Å². The van der Waals surface area contributed by atoms with Crippen molar-refractivity contribution in [1.82, 2.24) is 24.9 Å². The summed E-state index contributed by atoms with van der Waals surface area (Å²) < 4.78 is 14.1. The van der Waals surface area contributed by atoms with Crippen LogP contribution in [0.3, 0.4) is 0 Å². The van der Waals surface area contributed by atoms with Gasteiger partial charge in [0.15, 0.2) is 11.6 Å². The maximum Gasteiger partial charge on any atom is 0.160 e. The number of hydrogen-bond donors (Lipinski definition) is 0. The van der Waals surface area contributed by atoms with E-state index in [4.69, 9.17) is 34.4 Å². The van der Waals surface area contributed by atoms with Crippen molar-refractivity contribution in [3.8, 4) is 107 Å². The highest BCUT2D eigenvalue weighted by Crippen LogP contribution is 2.64. The minimum absolute atomic E-state index is 0.492. The highest BCUT2D eigenvalue weighted by atomic mass is 16.5. The Balaban J connectivity index is 0.735. The summed E-state index contributed by atoms with van der Waals surface area (Å²) in [4.78, 5) is 26.1. The molecule has 3 aromatic heterocycles. The van der Waals surface area contributed by atoms with Crippen molar-refractivity contribution in [2.24, 2.45) is 0 Å². The third-order valence-corrected chi connectivity index (χ3v) is 19.7. The molecule has 5 aliphatic rings. The number of benzene rings is 11. The molecule has 5 heterocycles. The van der Waals surface area contributed by atoms with Crippen LogP contribution in [0, 0.1) is 0 Å². The Hall–Kier alpha value is -11.9. The minimum atomic E-state index is -0.694. The van der Waals surface area contributed by atoms with Gasteiger partial charge in [0.2, 0.25) is 0 Å². The average molecular weight is 1180 g/mol. The first-order valence-electron chi connectivity index (χ1n) is 31.5. The predicted molar refractivity (Wildman–Crippen MR) is 366 cm³/mol. The third-order valence-electron chi connectivity index (χ3n) is 19.7. The molecule has 2 spiro atoms. The lowest BCUT2D eigenvalue weighted by atomic mass is 9.63. The number of nitrogens with zero attached hydrogens (tertiary/aromatic N) is 5. The number of aromatic nitrogens is 5. The van der Waals surface area contributed by atoms with E-state index in [1.54, 1.807) is 6.20 Å². The van der Waals surface area contributed by atoms with Crippen molar-refractivity contribution >= 4 is 16.3 Å². The number of hydrogen-bond acceptors (Lipinski definition) is 7. The van der Waals surface area contributed by atoms with E-state index in [0.717, 1.165) is 125 Å². The standard InChI is InChI=1S/C85H53N5O2/c1-3-21-52(22-4-1)74-50-76(89-82(87-74)55-39-44-71-80(48-55)91-78-36-17-15-33-69(78)84(71)65-30-12-9-27-60(65)61-28-10-13-31-66(61)84)63-42-41-57(58-25-7-8-26-59(58)63)54-38-43-68-64(47-54)62-29-11-14-32-67(62)85(68)70-34-16-18-37-79(70)92-81-49-56(40-45-72(81)85)83-88-75(53-23-5-2-6-24-53)51-77(90-83)73-35-19-20-46-86-73/h1-38,40-43,45-51H,39,44H2. The molecule has 92 heavy (non-hydrogen) atoms. The number of ether oxygens (including phenoxy) is 2. The summed E-state index contributed by atoms with van der Waals surface area (Å²) in [5.41, 5.74) is 24.6. The highest BCUT2D eigenvalue weighted by Gasteiger charge is 2.53. The molecular weight excluding hydrogens is 1120 g/mol. The SMILES string of the molecule is C1=C(c2nc(-c3ccccc3)cc(-c3ccc(-c4ccc5c(c4)-c4ccccc4C54c5ccccc5Oc5cc(-c6nc(-c7ccccc7)cc(-c7ccccn7)n6)ccc54)c4ccccc34)n2)CCC2=C1Oc1ccccc1C21c2ccccc2-c2ccccc21. The second-order valence-electron chi connectivity index (χ2n) is 24.4. The van der Waals surface area contributed by atoms with E-state index in [-0.39, 0.29) is 0 Å². The van der Waals surface area contributed by atoms with E-state index in [1.165, 1.54) is 55.6 Å². The lowest BCUT2D eigenvalue weighted by molar-refractivity contribution is 0.390. The molecule has 2 aliphatic heterocycles. The molecule has 3 aliphatic carbocycles. The van der Waals surface area contributed by atoms with Crippen LogP contribution in [-0.4, -0.2) is 24.9 Å². The van der Waals surface area contributed by atoms with Crippen molar-refractivity contribution < 1.29 is 9.47 Å². The lowest BCUT2D eigenvalue weighted by Crippen LogP contribution is -2.35. The van der Waals surface area contributed by atoms with Gasteiger partial charge in [0.05, 0.1) is 39.3 Å². The number of para-hydroxylation sites is 2. The van der Waals surface area contributed by atoms with E-state index in [1.807, 2.05) is 42.5 Å². The maximum atomic E-state index is 7.04. The summed E-state index contributed by atoms with van der Waals surface area (Å²) >= 11 is 0. The van der Waals surface area contributed by atoms with Crippen LogP contribution < -0.4 is 9.47 Å². The van der Waals surface area contributed by atoms with E-state index in [0.29, 0.717) is 11.6 Å². The van der Waals surface area contributed by atoms with E-state index in [9.17, 15) is 0 Å². The zero-order valence-corrected chi connectivity index (χ0v) is 49.8. The molecule has 7 nitrogen and oxygen atoms in total. The molecular formula is C85H53N5O2. The van der Waals surface area contributed by atoms with Gasteiger partial charge in [0.1, 0.15) is 23.0 Å². The Morgan fingerprint density at radius 2 is 0.783 bits per heavy atom. The van der Waals surface area contributed by atoms with Crippen LogP contribution in [-0.2, 0) is 10.8 Å². The number of rotatable bonds is 7. The van der Waals surface area contributed by atoms with Crippen LogP contribution in [0.1, 0.15) is 57.6 Å². The van der Waals surface area contributed by atoms with Gasteiger partial charge in [0.25, 0.3) is 0 Å². The number of allylic oxidation sites excluding steroid dienone is 3. The number of fused-ring (bicyclic) bond motifs is 18. The van der Waals surface area contributed by atoms with Crippen molar-refractivity contribution in [2.75, 3.05) is 0 Å². The molecule has 14 aromatic rings. The summed E-state index contributed by atoms with van der Waals surface area (Å²) in [6, 6.07) is 102. The Kier molecular flexibility index (Phi) is 11.5. The van der Waals surface area contributed by atoms with Crippen molar-refractivity contribution in [2.45, 2.75) is 23.7 Å². The van der Waals surface area contributed by atoms with Gasteiger partial charge in [-0.1, -0.05) is 237 Å². The van der Waals surface area contributed by atoms with Gasteiger partial charge in [-0.2, -0.15) is 0 Å². The molecule has 430 valence electrons. The molecule has 1 unspecified atom stereocenters. The topological polar surface area (TPSA) is 82.9 Å². The fourth-order valence-corrected chi connectivity index (χ4v) is 15.8. The van der Waals surface area contributed by atoms with Crippen LogP contribution in [0.5, 0.6) is 17.2 Å². The van der Waals surface area contributed by atoms with E-state index >= 15 is 0 Å². The Morgan fingerprint density at radius 1 is 0.283 bits per heavy atom. The molecule has 0 bridgehead atoms. The smallest absolute Gasteiger partial charge is 0.160 e. The highest BCUT2D eigenvalue weighted by molar-refractivity contribution is 6.06. The summed E-state index contributed by atoms with van der Waals surface area (Å²) in [5.74, 6) is 4.60. The second kappa shape index (κ2) is 20.3. The quantitative estimate of drug-likeness (QED) is 0.157. The van der Waals surface area contributed by atoms with Gasteiger partial charge in [-0.15, -0.1) is 0 Å². The molecule has 7 heteroatoms. The fourth-order valence-electron chi connectivity index (χ4n) is 15.8. The molecule has 0 amide bonds. The maximum absolute atomic E-state index is 7.04. The molecule has 1 atom stereocenters. The van der Waals surface area contributed by atoms with Gasteiger partial charge in [-0.05, 0) is 139 Å². The molecule has 0 saturated carbocycles. The Morgan fingerprint density at radius 3 is 1.48 bits per heavy atom. The molecule has 0 N–H and O–H groups in total. The normalized spacial score (nSPS) is 15.6. The summed E-state index contributed by atoms with van der Waals surface area (Å²) in [6.07, 6.45) is 5.56. The molecule has 11 aromatic carbocycles.